The van der Waals surface area contributed by atoms with Crippen molar-refractivity contribution in [3.63, 3.8) is 0 Å². The number of rotatable bonds is 3. The number of aliphatic hydroxyl groups is 1. The maximum Gasteiger partial charge on any atom is 0.277 e. The highest BCUT2D eigenvalue weighted by atomic mass is 19.1. The Labute approximate surface area is 127 Å². The van der Waals surface area contributed by atoms with Crippen LogP contribution in [0, 0.1) is 11.2 Å². The second-order valence-corrected chi connectivity index (χ2v) is 5.40. The van der Waals surface area contributed by atoms with Gasteiger partial charge in [0.25, 0.3) is 5.91 Å². The zero-order valence-electron chi connectivity index (χ0n) is 12.3. The van der Waals surface area contributed by atoms with Crippen LogP contribution in [-0.4, -0.2) is 27.3 Å². The molecule has 0 radical (unpaired) electrons. The molecule has 3 N–H and O–H groups in total. The van der Waals surface area contributed by atoms with E-state index in [1.54, 1.807) is 0 Å². The van der Waals surface area contributed by atoms with Crippen LogP contribution in [-0.2, 0) is 0 Å². The summed E-state index contributed by atoms with van der Waals surface area (Å²) in [7, 11) is 0. The van der Waals surface area contributed by atoms with Crippen LogP contribution >= 0.6 is 0 Å². The van der Waals surface area contributed by atoms with Crippen molar-refractivity contribution in [2.75, 3.05) is 0 Å². The van der Waals surface area contributed by atoms with Gasteiger partial charge in [0, 0.05) is 17.5 Å². The molecule has 114 valence electrons. The van der Waals surface area contributed by atoms with E-state index in [9.17, 15) is 14.3 Å². The number of aromatic nitrogens is 1. The van der Waals surface area contributed by atoms with Gasteiger partial charge in [-0.15, -0.1) is 0 Å². The fourth-order valence-corrected chi connectivity index (χ4v) is 1.99. The number of amides is 1. The Morgan fingerprint density at radius 2 is 2.14 bits per heavy atom. The first-order chi connectivity index (χ1) is 10.2. The van der Waals surface area contributed by atoms with Crippen LogP contribution in [0.3, 0.4) is 0 Å². The van der Waals surface area contributed by atoms with Gasteiger partial charge < -0.3 is 15.8 Å². The molecule has 0 atom stereocenters. The number of nitrogens with one attached hydrogen (secondary N) is 2. The molecule has 2 rings (SSSR count). The number of hydrogen-bond acceptors (Lipinski definition) is 4. The topological polar surface area (TPSA) is 86.1 Å². The maximum atomic E-state index is 13.6. The Hall–Kier alpha value is -2.60. The summed E-state index contributed by atoms with van der Waals surface area (Å²) in [5, 5.41) is 20.5. The van der Waals surface area contributed by atoms with Gasteiger partial charge in [-0.1, -0.05) is 6.58 Å². The van der Waals surface area contributed by atoms with Crippen molar-refractivity contribution in [1.29, 1.82) is 5.41 Å². The summed E-state index contributed by atoms with van der Waals surface area (Å²) in [6.45, 7) is 6.75. The summed E-state index contributed by atoms with van der Waals surface area (Å²) in [5.41, 5.74) is -0.499. The molecule has 1 amide bonds. The summed E-state index contributed by atoms with van der Waals surface area (Å²) >= 11 is 0. The largest absolute Gasteiger partial charge is 0.386 e. The summed E-state index contributed by atoms with van der Waals surface area (Å²) in [6, 6.07) is 2.52. The third-order valence-electron chi connectivity index (χ3n) is 3.12. The molecule has 0 saturated heterocycles. The number of allylic oxidation sites excluding steroid dienone is 3. The third kappa shape index (κ3) is 3.17. The molecule has 1 aromatic heterocycles. The van der Waals surface area contributed by atoms with Crippen molar-refractivity contribution in [2.45, 2.75) is 19.4 Å². The Balaban J connectivity index is 2.35. The van der Waals surface area contributed by atoms with Crippen molar-refractivity contribution in [3.8, 4) is 0 Å². The predicted octanol–water partition coefficient (Wildman–Crippen LogP) is 2.12. The molecule has 1 aliphatic carbocycles. The second-order valence-electron chi connectivity index (χ2n) is 5.40. The van der Waals surface area contributed by atoms with Crippen molar-refractivity contribution in [1.82, 2.24) is 10.3 Å². The summed E-state index contributed by atoms with van der Waals surface area (Å²) < 4.78 is 13.6. The average Bonchev–Trinajstić information content (AvgIpc) is 2.41. The van der Waals surface area contributed by atoms with Crippen LogP contribution in [0.25, 0.3) is 0 Å². The van der Waals surface area contributed by atoms with E-state index in [0.717, 1.165) is 6.07 Å². The SMILES string of the molecule is C=C1C=C(NC(=O)c2ncccc2F)C(C(C)(C)O)=CC1=N. The van der Waals surface area contributed by atoms with Crippen LogP contribution in [0.5, 0.6) is 0 Å². The average molecular weight is 301 g/mol. The smallest absolute Gasteiger partial charge is 0.277 e. The number of hydrogen-bond donors (Lipinski definition) is 3. The first kappa shape index (κ1) is 15.8. The molecule has 0 saturated carbocycles. The van der Waals surface area contributed by atoms with E-state index >= 15 is 0 Å². The second kappa shape index (κ2) is 5.65. The van der Waals surface area contributed by atoms with Gasteiger partial charge in [-0.25, -0.2) is 9.37 Å². The predicted molar refractivity (Wildman–Crippen MR) is 81.0 cm³/mol. The van der Waals surface area contributed by atoms with Crippen LogP contribution in [0.1, 0.15) is 24.3 Å². The minimum atomic E-state index is -1.28. The van der Waals surface area contributed by atoms with Crippen molar-refractivity contribution in [2.24, 2.45) is 0 Å². The Morgan fingerprint density at radius 3 is 2.73 bits per heavy atom. The molecule has 0 aromatic carbocycles. The standard InChI is InChI=1S/C16H16FN3O2/c1-9-7-13(10(8-12(9)18)16(2,3)22)20-15(21)14-11(17)5-4-6-19-14/h4-8,18,22H,1H2,2-3H3,(H,20,21). The zero-order chi connectivity index (χ0) is 16.5. The molecular weight excluding hydrogens is 285 g/mol. The highest BCUT2D eigenvalue weighted by molar-refractivity contribution is 6.10. The van der Waals surface area contributed by atoms with Gasteiger partial charge in [0.15, 0.2) is 11.5 Å². The van der Waals surface area contributed by atoms with Gasteiger partial charge in [0.05, 0.1) is 11.3 Å². The van der Waals surface area contributed by atoms with Gasteiger partial charge in [-0.3, -0.25) is 4.79 Å². The van der Waals surface area contributed by atoms with E-state index in [-0.39, 0.29) is 17.1 Å². The molecule has 0 unspecified atom stereocenters. The van der Waals surface area contributed by atoms with Gasteiger partial charge in [0.1, 0.15) is 0 Å². The fourth-order valence-electron chi connectivity index (χ4n) is 1.99. The molecular formula is C16H16FN3O2. The summed E-state index contributed by atoms with van der Waals surface area (Å²) in [5.74, 6) is -1.47. The lowest BCUT2D eigenvalue weighted by molar-refractivity contribution is 0.0949. The maximum absolute atomic E-state index is 13.6. The minimum absolute atomic E-state index is 0.138. The molecule has 0 fully saturated rings. The van der Waals surface area contributed by atoms with Crippen molar-refractivity contribution >= 4 is 11.6 Å². The summed E-state index contributed by atoms with van der Waals surface area (Å²) in [4.78, 5) is 15.9. The lowest BCUT2D eigenvalue weighted by atomic mass is 9.88. The van der Waals surface area contributed by atoms with Crippen LogP contribution in [0.15, 0.2) is 53.9 Å². The molecule has 1 aromatic rings. The van der Waals surface area contributed by atoms with Crippen LogP contribution < -0.4 is 5.32 Å². The molecule has 22 heavy (non-hydrogen) atoms. The first-order valence-corrected chi connectivity index (χ1v) is 6.56. The van der Waals surface area contributed by atoms with E-state index in [0.29, 0.717) is 11.1 Å². The fraction of sp³-hybridized carbons (Fsp3) is 0.188. The number of carbonyl (C=O) groups is 1. The Kier molecular flexibility index (Phi) is 4.05. The molecule has 5 nitrogen and oxygen atoms in total. The van der Waals surface area contributed by atoms with E-state index in [1.807, 2.05) is 0 Å². The van der Waals surface area contributed by atoms with Crippen LogP contribution in [0.4, 0.5) is 4.39 Å². The molecule has 0 aliphatic heterocycles. The quantitative estimate of drug-likeness (QED) is 0.799. The van der Waals surface area contributed by atoms with Gasteiger partial charge in [-0.2, -0.15) is 0 Å². The Bertz CT molecular complexity index is 727. The number of nitrogens with zero attached hydrogens (tertiary/aromatic N) is 1. The third-order valence-corrected chi connectivity index (χ3v) is 3.12. The number of carbonyl (C=O) groups excluding carboxylic acids is 1. The highest BCUT2D eigenvalue weighted by Crippen LogP contribution is 2.27. The van der Waals surface area contributed by atoms with Crippen LogP contribution in [0.2, 0.25) is 0 Å². The van der Waals surface area contributed by atoms with E-state index in [4.69, 9.17) is 5.41 Å². The van der Waals surface area contributed by atoms with E-state index < -0.39 is 17.3 Å². The lowest BCUT2D eigenvalue weighted by Crippen LogP contribution is -2.34. The summed E-state index contributed by atoms with van der Waals surface area (Å²) in [6.07, 6.45) is 4.20. The lowest BCUT2D eigenvalue weighted by Gasteiger charge is -2.27. The van der Waals surface area contributed by atoms with Crippen molar-refractivity contribution in [3.05, 3.63) is 65.4 Å². The molecule has 6 heteroatoms. The van der Waals surface area contributed by atoms with Gasteiger partial charge >= 0.3 is 0 Å². The molecule has 0 spiro atoms. The molecule has 0 bridgehead atoms. The van der Waals surface area contributed by atoms with Gasteiger partial charge in [0.2, 0.25) is 0 Å². The Morgan fingerprint density at radius 1 is 1.45 bits per heavy atom. The minimum Gasteiger partial charge on any atom is -0.386 e. The number of pyridine rings is 1. The monoisotopic (exact) mass is 301 g/mol. The molecule has 1 heterocycles. The molecule has 1 aliphatic rings. The zero-order valence-corrected chi connectivity index (χ0v) is 12.3. The van der Waals surface area contributed by atoms with E-state index in [1.165, 1.54) is 38.3 Å². The van der Waals surface area contributed by atoms with E-state index in [2.05, 4.69) is 16.9 Å². The highest BCUT2D eigenvalue weighted by Gasteiger charge is 2.28. The number of halogens is 1. The normalized spacial score (nSPS) is 15.3. The van der Waals surface area contributed by atoms with Gasteiger partial charge in [-0.05, 0) is 43.7 Å². The first-order valence-electron chi connectivity index (χ1n) is 6.56. The van der Waals surface area contributed by atoms with Crippen molar-refractivity contribution < 1.29 is 14.3 Å².